The number of hydrogen-bond donors (Lipinski definition) is 3. The Bertz CT molecular complexity index is 164. The molecule has 0 aliphatic heterocycles. The molecule has 1 aliphatic carbocycles. The van der Waals surface area contributed by atoms with Gasteiger partial charge in [0.25, 0.3) is 0 Å². The van der Waals surface area contributed by atoms with Gasteiger partial charge in [-0.3, -0.25) is 0 Å². The van der Waals surface area contributed by atoms with E-state index in [9.17, 15) is 4.79 Å². The molecule has 70 valence electrons. The van der Waals surface area contributed by atoms with Crippen LogP contribution in [0.3, 0.4) is 0 Å². The first-order valence-corrected chi connectivity index (χ1v) is 4.31. The van der Waals surface area contributed by atoms with E-state index in [0.717, 1.165) is 6.42 Å². The molecule has 4 nitrogen and oxygen atoms in total. The van der Waals surface area contributed by atoms with Crippen molar-refractivity contribution in [1.29, 1.82) is 0 Å². The molecule has 3 N–H and O–H groups in total. The maximum atomic E-state index is 11.1. The average molecular weight is 172 g/mol. The summed E-state index contributed by atoms with van der Waals surface area (Å²) < 4.78 is 0. The van der Waals surface area contributed by atoms with E-state index in [2.05, 4.69) is 17.6 Å². The summed E-state index contributed by atoms with van der Waals surface area (Å²) in [6.45, 7) is 3.84. The van der Waals surface area contributed by atoms with Crippen LogP contribution in [0.5, 0.6) is 0 Å². The van der Waals surface area contributed by atoms with Gasteiger partial charge < -0.3 is 15.7 Å². The molecule has 0 aromatic carbocycles. The molecule has 1 unspecified atom stereocenters. The van der Waals surface area contributed by atoms with Gasteiger partial charge in [-0.15, -0.1) is 0 Å². The van der Waals surface area contributed by atoms with E-state index in [1.165, 1.54) is 0 Å². The topological polar surface area (TPSA) is 61.4 Å². The number of amides is 2. The van der Waals surface area contributed by atoms with Gasteiger partial charge in [0.2, 0.25) is 0 Å². The molecule has 2 amide bonds. The number of carbonyl (C=O) groups is 1. The third-order valence-corrected chi connectivity index (χ3v) is 2.08. The first kappa shape index (κ1) is 9.32. The van der Waals surface area contributed by atoms with E-state index < -0.39 is 0 Å². The van der Waals surface area contributed by atoms with Gasteiger partial charge in [-0.25, -0.2) is 4.79 Å². The van der Waals surface area contributed by atoms with Crippen molar-refractivity contribution in [2.45, 2.75) is 32.4 Å². The lowest BCUT2D eigenvalue weighted by molar-refractivity contribution is 0.220. The summed E-state index contributed by atoms with van der Waals surface area (Å²) in [4.78, 5) is 11.1. The lowest BCUT2D eigenvalue weighted by Gasteiger charge is -2.11. The summed E-state index contributed by atoms with van der Waals surface area (Å²) >= 11 is 0. The van der Waals surface area contributed by atoms with Gasteiger partial charge in [0, 0.05) is 6.04 Å². The van der Waals surface area contributed by atoms with Crippen molar-refractivity contribution in [3.05, 3.63) is 0 Å². The van der Waals surface area contributed by atoms with Crippen molar-refractivity contribution >= 4 is 6.03 Å². The minimum Gasteiger partial charge on any atom is -0.394 e. The molecule has 0 aromatic rings. The van der Waals surface area contributed by atoms with E-state index in [-0.39, 0.29) is 18.7 Å². The largest absolute Gasteiger partial charge is 0.394 e. The van der Waals surface area contributed by atoms with Crippen LogP contribution in [0, 0.1) is 5.92 Å². The van der Waals surface area contributed by atoms with Gasteiger partial charge in [0.15, 0.2) is 0 Å². The Morgan fingerprint density at radius 2 is 2.33 bits per heavy atom. The zero-order valence-corrected chi connectivity index (χ0v) is 7.50. The maximum Gasteiger partial charge on any atom is 0.315 e. The fraction of sp³-hybridized carbons (Fsp3) is 0.875. The predicted molar refractivity (Wildman–Crippen MR) is 45.8 cm³/mol. The van der Waals surface area contributed by atoms with Crippen LogP contribution in [-0.2, 0) is 0 Å². The van der Waals surface area contributed by atoms with Crippen LogP contribution in [0.1, 0.15) is 20.3 Å². The van der Waals surface area contributed by atoms with Crippen LogP contribution >= 0.6 is 0 Å². The van der Waals surface area contributed by atoms with Gasteiger partial charge in [0.1, 0.15) is 0 Å². The molecule has 0 saturated heterocycles. The minimum atomic E-state index is -0.175. The number of rotatable bonds is 3. The maximum absolute atomic E-state index is 11.1. The van der Waals surface area contributed by atoms with E-state index in [4.69, 9.17) is 5.11 Å². The third-order valence-electron chi connectivity index (χ3n) is 2.08. The zero-order chi connectivity index (χ0) is 9.14. The second-order valence-electron chi connectivity index (χ2n) is 3.52. The molecule has 1 fully saturated rings. The molecular formula is C8H16N2O2. The van der Waals surface area contributed by atoms with Crippen LogP contribution in [-0.4, -0.2) is 29.8 Å². The normalized spacial score (nSPS) is 29.2. The van der Waals surface area contributed by atoms with Crippen molar-refractivity contribution in [2.75, 3.05) is 6.61 Å². The van der Waals surface area contributed by atoms with E-state index in [0.29, 0.717) is 12.0 Å². The summed E-state index contributed by atoms with van der Waals surface area (Å²) in [6, 6.07) is 0.000786. The fourth-order valence-electron chi connectivity index (χ4n) is 1.00. The zero-order valence-electron chi connectivity index (χ0n) is 7.50. The molecule has 1 rings (SSSR count). The number of carbonyl (C=O) groups excluding carboxylic acids is 1. The quantitative estimate of drug-likeness (QED) is 0.564. The van der Waals surface area contributed by atoms with Crippen LogP contribution in [0.15, 0.2) is 0 Å². The highest BCUT2D eigenvalue weighted by molar-refractivity contribution is 5.74. The molecule has 0 spiro atoms. The molecule has 1 saturated carbocycles. The van der Waals surface area contributed by atoms with Gasteiger partial charge in [-0.05, 0) is 19.3 Å². The van der Waals surface area contributed by atoms with Crippen molar-refractivity contribution < 1.29 is 9.90 Å². The molecule has 4 heteroatoms. The summed E-state index contributed by atoms with van der Waals surface area (Å²) in [5, 5.41) is 14.1. The lowest BCUT2D eigenvalue weighted by atomic mass is 10.4. The first-order valence-electron chi connectivity index (χ1n) is 4.31. The van der Waals surface area contributed by atoms with Gasteiger partial charge in [0.05, 0.1) is 12.6 Å². The second kappa shape index (κ2) is 3.76. The van der Waals surface area contributed by atoms with E-state index in [1.54, 1.807) is 6.92 Å². The summed E-state index contributed by atoms with van der Waals surface area (Å²) in [5.41, 5.74) is 0. The Morgan fingerprint density at radius 1 is 1.75 bits per heavy atom. The van der Waals surface area contributed by atoms with Gasteiger partial charge in [-0.2, -0.15) is 0 Å². The molecule has 3 atom stereocenters. The molecule has 12 heavy (non-hydrogen) atoms. The van der Waals surface area contributed by atoms with Crippen molar-refractivity contribution in [3.8, 4) is 0 Å². The van der Waals surface area contributed by atoms with E-state index in [1.807, 2.05) is 0 Å². The van der Waals surface area contributed by atoms with Crippen molar-refractivity contribution in [3.63, 3.8) is 0 Å². The Labute approximate surface area is 72.3 Å². The van der Waals surface area contributed by atoms with Crippen molar-refractivity contribution in [1.82, 2.24) is 10.6 Å². The van der Waals surface area contributed by atoms with Crippen LogP contribution in [0.25, 0.3) is 0 Å². The number of aliphatic hydroxyl groups is 1. The predicted octanol–water partition coefficient (Wildman–Crippen LogP) is 0.0748. The van der Waals surface area contributed by atoms with Gasteiger partial charge in [-0.1, -0.05) is 6.92 Å². The van der Waals surface area contributed by atoms with Crippen molar-refractivity contribution in [2.24, 2.45) is 5.92 Å². The summed E-state index contributed by atoms with van der Waals surface area (Å²) in [5.74, 6) is 0.611. The van der Waals surface area contributed by atoms with Crippen LogP contribution < -0.4 is 10.6 Å². The number of hydrogen-bond acceptors (Lipinski definition) is 2. The third kappa shape index (κ3) is 2.70. The second-order valence-corrected chi connectivity index (χ2v) is 3.52. The molecular weight excluding hydrogens is 156 g/mol. The van der Waals surface area contributed by atoms with Crippen LogP contribution in [0.4, 0.5) is 4.79 Å². The Kier molecular flexibility index (Phi) is 2.92. The fourth-order valence-corrected chi connectivity index (χ4v) is 1.00. The van der Waals surface area contributed by atoms with Crippen LogP contribution in [0.2, 0.25) is 0 Å². The lowest BCUT2D eigenvalue weighted by Crippen LogP contribution is -2.43. The Hall–Kier alpha value is -0.770. The number of aliphatic hydroxyl groups excluding tert-OH is 1. The molecule has 0 radical (unpaired) electrons. The molecule has 0 aromatic heterocycles. The average Bonchev–Trinajstić information content (AvgIpc) is 2.66. The molecule has 0 heterocycles. The Morgan fingerprint density at radius 3 is 2.75 bits per heavy atom. The highest BCUT2D eigenvalue weighted by Gasteiger charge is 2.33. The molecule has 0 bridgehead atoms. The number of urea groups is 1. The first-order chi connectivity index (χ1) is 5.63. The highest BCUT2D eigenvalue weighted by atomic mass is 16.3. The summed E-state index contributed by atoms with van der Waals surface area (Å²) in [7, 11) is 0. The molecule has 1 aliphatic rings. The smallest absolute Gasteiger partial charge is 0.315 e. The Balaban J connectivity index is 2.12. The standard InChI is InChI=1S/C8H16N2O2/c1-5-3-7(5)10-8(12)9-6(2)4-11/h5-7,11H,3-4H2,1-2H3,(H2,9,10,12)/t5-,6?,7-/m1/s1. The summed E-state index contributed by atoms with van der Waals surface area (Å²) in [6.07, 6.45) is 1.07. The SMILES string of the molecule is CC(CO)NC(=O)N[C@@H]1C[C@H]1C. The monoisotopic (exact) mass is 172 g/mol. The van der Waals surface area contributed by atoms with Gasteiger partial charge >= 0.3 is 6.03 Å². The number of nitrogens with one attached hydrogen (secondary N) is 2. The minimum absolute atomic E-state index is 0.0202. The highest BCUT2D eigenvalue weighted by Crippen LogP contribution is 2.28. The van der Waals surface area contributed by atoms with E-state index >= 15 is 0 Å².